The number of aliphatic hydroxyl groups is 1. The summed E-state index contributed by atoms with van der Waals surface area (Å²) in [7, 11) is 3.88. The molecule has 0 aliphatic carbocycles. The molecule has 0 aromatic carbocycles. The van der Waals surface area contributed by atoms with Gasteiger partial charge in [-0.25, -0.2) is 0 Å². The average molecular weight is 261 g/mol. The molecule has 1 aromatic rings. The molecule has 19 heavy (non-hydrogen) atoms. The van der Waals surface area contributed by atoms with Gasteiger partial charge in [-0.05, 0) is 33.5 Å². The second kappa shape index (κ2) is 5.11. The Balaban J connectivity index is 2.35. The Labute approximate surface area is 113 Å². The predicted molar refractivity (Wildman–Crippen MR) is 71.9 cm³/mol. The van der Waals surface area contributed by atoms with E-state index in [1.807, 2.05) is 37.7 Å². The van der Waals surface area contributed by atoms with E-state index in [0.717, 1.165) is 11.3 Å². The van der Waals surface area contributed by atoms with Crippen molar-refractivity contribution in [2.75, 3.05) is 32.1 Å². The number of nitrogens with zero attached hydrogens (tertiary/aromatic N) is 5. The monoisotopic (exact) mass is 261 g/mol. The maximum Gasteiger partial charge on any atom is 0.169 e. The Kier molecular flexibility index (Phi) is 3.69. The molecule has 1 aliphatic heterocycles. The summed E-state index contributed by atoms with van der Waals surface area (Å²) in [6.07, 6.45) is -0.440. The molecule has 0 radical (unpaired) electrons. The van der Waals surface area contributed by atoms with E-state index in [9.17, 15) is 10.4 Å². The molecule has 0 spiro atoms. The zero-order valence-electron chi connectivity index (χ0n) is 11.8. The Morgan fingerprint density at radius 1 is 1.32 bits per heavy atom. The van der Waals surface area contributed by atoms with Crippen LogP contribution in [0.3, 0.4) is 0 Å². The van der Waals surface area contributed by atoms with Gasteiger partial charge in [0.25, 0.3) is 0 Å². The number of hydrogen-bond donors (Lipinski definition) is 1. The second-order valence-corrected chi connectivity index (χ2v) is 5.22. The standard InChI is InChI=1S/C13H19N5O/c1-8-9(2)15-16-13(10(8)5-14)18-6-11(17(3)4)12(19)7-18/h11-12,19H,6-7H2,1-4H3/t11-,12-/m0/s1. The van der Waals surface area contributed by atoms with Gasteiger partial charge in [0, 0.05) is 13.1 Å². The Bertz CT molecular complexity index is 523. The molecule has 0 saturated carbocycles. The molecule has 1 aliphatic rings. The van der Waals surface area contributed by atoms with Crippen molar-refractivity contribution in [2.45, 2.75) is 26.0 Å². The molecule has 1 fully saturated rings. The highest BCUT2D eigenvalue weighted by molar-refractivity contribution is 5.58. The van der Waals surface area contributed by atoms with Crippen LogP contribution in [0.2, 0.25) is 0 Å². The van der Waals surface area contributed by atoms with Crippen molar-refractivity contribution in [3.63, 3.8) is 0 Å². The van der Waals surface area contributed by atoms with Gasteiger partial charge in [0.15, 0.2) is 5.82 Å². The topological polar surface area (TPSA) is 76.3 Å². The lowest BCUT2D eigenvalue weighted by molar-refractivity contribution is 0.114. The van der Waals surface area contributed by atoms with E-state index in [1.54, 1.807) is 0 Å². The molecule has 1 saturated heterocycles. The molecule has 2 atom stereocenters. The van der Waals surface area contributed by atoms with Crippen molar-refractivity contribution in [3.05, 3.63) is 16.8 Å². The van der Waals surface area contributed by atoms with Crippen LogP contribution in [0.1, 0.15) is 16.8 Å². The van der Waals surface area contributed by atoms with Crippen molar-refractivity contribution in [3.8, 4) is 6.07 Å². The number of anilines is 1. The number of aryl methyl sites for hydroxylation is 1. The van der Waals surface area contributed by atoms with E-state index >= 15 is 0 Å². The van der Waals surface area contributed by atoms with Gasteiger partial charge in [-0.1, -0.05) is 0 Å². The number of aromatic nitrogens is 2. The molecule has 6 nitrogen and oxygen atoms in total. The predicted octanol–water partition coefficient (Wildman–Crippen LogP) is 0.0762. The van der Waals surface area contributed by atoms with E-state index < -0.39 is 6.10 Å². The van der Waals surface area contributed by atoms with E-state index in [1.165, 1.54) is 0 Å². The largest absolute Gasteiger partial charge is 0.390 e. The highest BCUT2D eigenvalue weighted by Gasteiger charge is 2.34. The third-order valence-electron chi connectivity index (χ3n) is 3.77. The lowest BCUT2D eigenvalue weighted by Crippen LogP contribution is -2.38. The fraction of sp³-hybridized carbons (Fsp3) is 0.615. The first kappa shape index (κ1) is 13.7. The summed E-state index contributed by atoms with van der Waals surface area (Å²) in [5, 5.41) is 27.6. The summed E-state index contributed by atoms with van der Waals surface area (Å²) in [5.41, 5.74) is 2.18. The molecule has 2 heterocycles. The quantitative estimate of drug-likeness (QED) is 0.812. The highest BCUT2D eigenvalue weighted by atomic mass is 16.3. The number of β-amino-alcohol motifs (C(OH)–C–C–N with tert-alkyl or cyclic N) is 1. The van der Waals surface area contributed by atoms with Gasteiger partial charge in [0.1, 0.15) is 11.6 Å². The molecule has 0 amide bonds. The maximum absolute atomic E-state index is 10.1. The van der Waals surface area contributed by atoms with E-state index in [2.05, 4.69) is 16.3 Å². The molecule has 6 heteroatoms. The zero-order chi connectivity index (χ0) is 14.2. The number of aliphatic hydroxyl groups excluding tert-OH is 1. The molecule has 1 N–H and O–H groups in total. The minimum Gasteiger partial charge on any atom is -0.390 e. The van der Waals surface area contributed by atoms with Crippen LogP contribution >= 0.6 is 0 Å². The minimum atomic E-state index is -0.440. The van der Waals surface area contributed by atoms with Gasteiger partial charge in [-0.3, -0.25) is 0 Å². The van der Waals surface area contributed by atoms with Crippen LogP contribution in [0, 0.1) is 25.2 Å². The molecule has 0 bridgehead atoms. The number of rotatable bonds is 2. The van der Waals surface area contributed by atoms with Crippen LogP contribution in [-0.4, -0.2) is 59.5 Å². The van der Waals surface area contributed by atoms with Gasteiger partial charge in [0.2, 0.25) is 0 Å². The third kappa shape index (κ3) is 2.39. The van der Waals surface area contributed by atoms with Gasteiger partial charge in [0.05, 0.1) is 17.8 Å². The SMILES string of the molecule is Cc1nnc(N2C[C@H](O)[C@@H](N(C)C)C2)c(C#N)c1C. The first-order valence-electron chi connectivity index (χ1n) is 6.29. The van der Waals surface area contributed by atoms with Crippen molar-refractivity contribution >= 4 is 5.82 Å². The van der Waals surface area contributed by atoms with Crippen molar-refractivity contribution in [2.24, 2.45) is 0 Å². The average Bonchev–Trinajstić information content (AvgIpc) is 2.74. The Morgan fingerprint density at radius 2 is 2.00 bits per heavy atom. The van der Waals surface area contributed by atoms with Gasteiger partial charge in [-0.2, -0.15) is 10.4 Å². The smallest absolute Gasteiger partial charge is 0.169 e. The molecular formula is C13H19N5O. The normalized spacial score (nSPS) is 22.9. The minimum absolute atomic E-state index is 0.0509. The summed E-state index contributed by atoms with van der Waals surface area (Å²) in [5.74, 6) is 0.578. The molecule has 2 rings (SSSR count). The fourth-order valence-electron chi connectivity index (χ4n) is 2.40. The maximum atomic E-state index is 10.1. The lowest BCUT2D eigenvalue weighted by atomic mass is 10.1. The molecule has 1 aromatic heterocycles. The van der Waals surface area contributed by atoms with Crippen LogP contribution in [0.5, 0.6) is 0 Å². The Morgan fingerprint density at radius 3 is 2.53 bits per heavy atom. The second-order valence-electron chi connectivity index (χ2n) is 5.22. The first-order chi connectivity index (χ1) is 8.95. The highest BCUT2D eigenvalue weighted by Crippen LogP contribution is 2.26. The number of hydrogen-bond acceptors (Lipinski definition) is 6. The van der Waals surface area contributed by atoms with Crippen LogP contribution < -0.4 is 4.90 Å². The van der Waals surface area contributed by atoms with Crippen LogP contribution in [-0.2, 0) is 0 Å². The van der Waals surface area contributed by atoms with Crippen LogP contribution in [0.25, 0.3) is 0 Å². The summed E-state index contributed by atoms with van der Waals surface area (Å²) >= 11 is 0. The Hall–Kier alpha value is -1.71. The lowest BCUT2D eigenvalue weighted by Gasteiger charge is -2.22. The van der Waals surface area contributed by atoms with Crippen LogP contribution in [0.4, 0.5) is 5.82 Å². The fourth-order valence-corrected chi connectivity index (χ4v) is 2.40. The number of nitriles is 1. The zero-order valence-corrected chi connectivity index (χ0v) is 11.8. The molecule has 0 unspecified atom stereocenters. The van der Waals surface area contributed by atoms with Gasteiger partial charge >= 0.3 is 0 Å². The first-order valence-corrected chi connectivity index (χ1v) is 6.29. The third-order valence-corrected chi connectivity index (χ3v) is 3.77. The van der Waals surface area contributed by atoms with Crippen LogP contribution in [0.15, 0.2) is 0 Å². The van der Waals surface area contributed by atoms with Crippen molar-refractivity contribution < 1.29 is 5.11 Å². The summed E-state index contributed by atoms with van der Waals surface area (Å²) in [4.78, 5) is 3.93. The van der Waals surface area contributed by atoms with E-state index in [0.29, 0.717) is 24.5 Å². The summed E-state index contributed by atoms with van der Waals surface area (Å²) in [6.45, 7) is 4.85. The van der Waals surface area contributed by atoms with E-state index in [-0.39, 0.29) is 6.04 Å². The number of likely N-dealkylation sites (N-methyl/N-ethyl adjacent to an activating group) is 1. The van der Waals surface area contributed by atoms with Crippen molar-refractivity contribution in [1.29, 1.82) is 5.26 Å². The summed E-state index contributed by atoms with van der Waals surface area (Å²) < 4.78 is 0. The van der Waals surface area contributed by atoms with E-state index in [4.69, 9.17) is 0 Å². The molecular weight excluding hydrogens is 242 g/mol. The van der Waals surface area contributed by atoms with Gasteiger partial charge in [-0.15, -0.1) is 5.10 Å². The van der Waals surface area contributed by atoms with Crippen molar-refractivity contribution in [1.82, 2.24) is 15.1 Å². The summed E-state index contributed by atoms with van der Waals surface area (Å²) in [6, 6.07) is 2.25. The van der Waals surface area contributed by atoms with Gasteiger partial charge < -0.3 is 14.9 Å². The molecule has 102 valence electrons.